The highest BCUT2D eigenvalue weighted by molar-refractivity contribution is 5.87. The van der Waals surface area contributed by atoms with Crippen LogP contribution in [0.5, 0.6) is 0 Å². The molecule has 1 unspecified atom stereocenters. The van der Waals surface area contributed by atoms with E-state index >= 15 is 0 Å². The molecule has 0 radical (unpaired) electrons. The van der Waals surface area contributed by atoms with Crippen molar-refractivity contribution in [1.29, 1.82) is 0 Å². The van der Waals surface area contributed by atoms with Crippen molar-refractivity contribution in [2.45, 2.75) is 25.8 Å². The second-order valence-electron chi connectivity index (χ2n) is 4.06. The van der Waals surface area contributed by atoms with Crippen molar-refractivity contribution in [3.05, 3.63) is 41.5 Å². The Balaban J connectivity index is 2.15. The third kappa shape index (κ3) is 2.08. The molecule has 0 fully saturated rings. The smallest absolute Gasteiger partial charge is 0.244 e. The molecule has 0 saturated heterocycles. The first-order chi connectivity index (χ1) is 7.70. The van der Waals surface area contributed by atoms with Gasteiger partial charge in [-0.05, 0) is 49.1 Å². The average Bonchev–Trinajstić information content (AvgIpc) is 2.61. The Bertz CT molecular complexity index is 438. The van der Waals surface area contributed by atoms with Crippen LogP contribution < -0.4 is 11.1 Å². The zero-order valence-corrected chi connectivity index (χ0v) is 9.36. The normalized spacial score (nSPS) is 18.7. The number of nitrogen functional groups attached to an aromatic ring is 1. The van der Waals surface area contributed by atoms with E-state index in [-0.39, 0.29) is 11.9 Å². The number of hydrogen-bond donors (Lipinski definition) is 2. The number of rotatable bonds is 2. The highest BCUT2D eigenvalue weighted by Gasteiger charge is 2.22. The van der Waals surface area contributed by atoms with Gasteiger partial charge in [0.2, 0.25) is 5.91 Å². The van der Waals surface area contributed by atoms with Crippen LogP contribution in [0.1, 0.15) is 30.5 Å². The molecule has 16 heavy (non-hydrogen) atoms. The molecule has 0 aliphatic heterocycles. The van der Waals surface area contributed by atoms with Crippen LogP contribution in [0.15, 0.2) is 30.4 Å². The van der Waals surface area contributed by atoms with Crippen molar-refractivity contribution >= 4 is 11.6 Å². The van der Waals surface area contributed by atoms with Gasteiger partial charge >= 0.3 is 0 Å². The number of aryl methyl sites for hydroxylation is 1. The highest BCUT2D eigenvalue weighted by Crippen LogP contribution is 2.32. The van der Waals surface area contributed by atoms with E-state index < -0.39 is 0 Å². The second kappa shape index (κ2) is 4.39. The zero-order valence-electron chi connectivity index (χ0n) is 9.36. The fraction of sp³-hybridized carbons (Fsp3) is 0.308. The van der Waals surface area contributed by atoms with Crippen LogP contribution in [0.3, 0.4) is 0 Å². The molecule has 1 aliphatic carbocycles. The van der Waals surface area contributed by atoms with Crippen LogP contribution in [-0.4, -0.2) is 5.91 Å². The number of nitrogens with one attached hydrogen (secondary N) is 1. The van der Waals surface area contributed by atoms with Crippen LogP contribution in [0, 0.1) is 0 Å². The van der Waals surface area contributed by atoms with Gasteiger partial charge in [0.15, 0.2) is 0 Å². The second-order valence-corrected chi connectivity index (χ2v) is 4.06. The minimum Gasteiger partial charge on any atom is -0.399 e. The molecule has 1 aromatic carbocycles. The lowest BCUT2D eigenvalue weighted by Crippen LogP contribution is -2.25. The lowest BCUT2D eigenvalue weighted by molar-refractivity contribution is -0.117. The fourth-order valence-electron chi connectivity index (χ4n) is 2.16. The Kier molecular flexibility index (Phi) is 2.95. The van der Waals surface area contributed by atoms with Gasteiger partial charge < -0.3 is 11.1 Å². The number of nitrogens with two attached hydrogens (primary N) is 1. The van der Waals surface area contributed by atoms with Crippen molar-refractivity contribution in [2.75, 3.05) is 5.73 Å². The maximum atomic E-state index is 11.5. The van der Waals surface area contributed by atoms with Crippen LogP contribution in [0.2, 0.25) is 0 Å². The molecule has 2 rings (SSSR count). The quantitative estimate of drug-likeness (QED) is 0.586. The Morgan fingerprint density at radius 1 is 1.56 bits per heavy atom. The molecule has 0 spiro atoms. The number of benzene rings is 1. The summed E-state index contributed by atoms with van der Waals surface area (Å²) in [5.74, 6) is -0.0304. The number of carbonyl (C=O) groups excluding carboxylic acids is 1. The third-order valence-electron chi connectivity index (χ3n) is 2.88. The molecule has 0 bridgehead atoms. The van der Waals surface area contributed by atoms with Gasteiger partial charge in [-0.3, -0.25) is 4.79 Å². The first-order valence-electron chi connectivity index (χ1n) is 5.52. The molecule has 3 heteroatoms. The van der Waals surface area contributed by atoms with E-state index in [1.54, 1.807) is 12.2 Å². The molecule has 1 amide bonds. The van der Waals surface area contributed by atoms with Crippen molar-refractivity contribution in [3.8, 4) is 0 Å². The van der Waals surface area contributed by atoms with Crippen LogP contribution in [-0.2, 0) is 11.2 Å². The van der Waals surface area contributed by atoms with Crippen molar-refractivity contribution in [2.24, 2.45) is 0 Å². The summed E-state index contributed by atoms with van der Waals surface area (Å²) < 4.78 is 0. The first kappa shape index (κ1) is 10.7. The van der Waals surface area contributed by atoms with E-state index in [0.717, 1.165) is 18.5 Å². The molecule has 3 nitrogen and oxygen atoms in total. The van der Waals surface area contributed by atoms with E-state index in [2.05, 4.69) is 5.32 Å². The molecule has 1 aliphatic rings. The molecule has 84 valence electrons. The van der Waals surface area contributed by atoms with E-state index in [0.29, 0.717) is 0 Å². The molecular formula is C13H16N2O. The highest BCUT2D eigenvalue weighted by atomic mass is 16.1. The van der Waals surface area contributed by atoms with Crippen molar-refractivity contribution in [3.63, 3.8) is 0 Å². The predicted octanol–water partition coefficient (Wildman–Crippen LogP) is 1.95. The molecule has 0 heterocycles. The number of hydrogen-bond acceptors (Lipinski definition) is 2. The summed E-state index contributed by atoms with van der Waals surface area (Å²) in [6.07, 6.45) is 5.24. The van der Waals surface area contributed by atoms with Gasteiger partial charge in [0, 0.05) is 5.69 Å². The summed E-state index contributed by atoms with van der Waals surface area (Å²) in [6, 6.07) is 6.04. The lowest BCUT2D eigenvalue weighted by Gasteiger charge is -2.12. The maximum Gasteiger partial charge on any atom is 0.244 e. The summed E-state index contributed by atoms with van der Waals surface area (Å²) in [5, 5.41) is 2.99. The summed E-state index contributed by atoms with van der Waals surface area (Å²) in [5.41, 5.74) is 8.97. The largest absolute Gasteiger partial charge is 0.399 e. The van der Waals surface area contributed by atoms with Gasteiger partial charge in [-0.2, -0.15) is 0 Å². The molecule has 0 saturated carbocycles. The number of anilines is 1. The Morgan fingerprint density at radius 2 is 2.38 bits per heavy atom. The van der Waals surface area contributed by atoms with Crippen molar-refractivity contribution < 1.29 is 4.79 Å². The van der Waals surface area contributed by atoms with Crippen LogP contribution in [0.4, 0.5) is 5.69 Å². The molecular weight excluding hydrogens is 200 g/mol. The van der Waals surface area contributed by atoms with E-state index in [1.165, 1.54) is 11.1 Å². The van der Waals surface area contributed by atoms with Gasteiger partial charge in [0.05, 0.1) is 6.04 Å². The molecule has 0 aromatic heterocycles. The van der Waals surface area contributed by atoms with Gasteiger partial charge in [0.1, 0.15) is 0 Å². The third-order valence-corrected chi connectivity index (χ3v) is 2.88. The predicted molar refractivity (Wildman–Crippen MR) is 64.9 cm³/mol. The van der Waals surface area contributed by atoms with Gasteiger partial charge in [0.25, 0.3) is 0 Å². The maximum absolute atomic E-state index is 11.5. The number of amides is 1. The minimum absolute atomic E-state index is 0.0304. The monoisotopic (exact) mass is 216 g/mol. The van der Waals surface area contributed by atoms with Gasteiger partial charge in [-0.1, -0.05) is 12.1 Å². The van der Waals surface area contributed by atoms with E-state index in [4.69, 9.17) is 5.73 Å². The molecule has 1 aromatic rings. The van der Waals surface area contributed by atoms with Gasteiger partial charge in [-0.25, -0.2) is 0 Å². The Hall–Kier alpha value is -1.77. The van der Waals surface area contributed by atoms with E-state index in [9.17, 15) is 4.79 Å². The first-order valence-corrected chi connectivity index (χ1v) is 5.52. The average molecular weight is 216 g/mol. The number of fused-ring (bicyclic) bond motifs is 1. The zero-order chi connectivity index (χ0) is 11.5. The minimum atomic E-state index is -0.0304. The Labute approximate surface area is 95.3 Å². The number of allylic oxidation sites excluding steroid dienone is 1. The van der Waals surface area contributed by atoms with Crippen LogP contribution in [0.25, 0.3) is 0 Å². The van der Waals surface area contributed by atoms with Crippen LogP contribution >= 0.6 is 0 Å². The lowest BCUT2D eigenvalue weighted by atomic mass is 10.1. The standard InChI is InChI=1S/C13H16N2O/c1-2-3-13(16)15-12-7-4-9-8-10(14)5-6-11(9)12/h2-3,5-6,8,12H,4,7,14H2,1H3,(H,15,16). The molecule has 3 N–H and O–H groups in total. The summed E-state index contributed by atoms with van der Waals surface area (Å²) in [7, 11) is 0. The summed E-state index contributed by atoms with van der Waals surface area (Å²) in [6.45, 7) is 1.84. The Morgan fingerprint density at radius 3 is 3.12 bits per heavy atom. The summed E-state index contributed by atoms with van der Waals surface area (Å²) >= 11 is 0. The number of carbonyl (C=O) groups is 1. The van der Waals surface area contributed by atoms with E-state index in [1.807, 2.05) is 25.1 Å². The molecule has 1 atom stereocenters. The SMILES string of the molecule is CC=CC(=O)NC1CCc2cc(N)ccc21. The van der Waals surface area contributed by atoms with Gasteiger partial charge in [-0.15, -0.1) is 0 Å². The van der Waals surface area contributed by atoms with Crippen molar-refractivity contribution in [1.82, 2.24) is 5.32 Å². The summed E-state index contributed by atoms with van der Waals surface area (Å²) in [4.78, 5) is 11.5. The topological polar surface area (TPSA) is 55.1 Å². The fourth-order valence-corrected chi connectivity index (χ4v) is 2.16.